The molecule has 0 amide bonds. The van der Waals surface area contributed by atoms with Gasteiger partial charge in [0.05, 0.1) is 12.3 Å². The number of benzene rings is 1. The lowest BCUT2D eigenvalue weighted by molar-refractivity contribution is 0.0491. The lowest BCUT2D eigenvalue weighted by Gasteiger charge is -2.07. The third-order valence-electron chi connectivity index (χ3n) is 3.65. The van der Waals surface area contributed by atoms with Crippen molar-refractivity contribution in [2.75, 3.05) is 11.9 Å². The van der Waals surface area contributed by atoms with Crippen LogP contribution in [0.25, 0.3) is 11.0 Å². The van der Waals surface area contributed by atoms with E-state index in [1.54, 1.807) is 19.3 Å². The van der Waals surface area contributed by atoms with Gasteiger partial charge in [-0.2, -0.15) is 0 Å². The molecule has 0 spiro atoms. The Hall–Kier alpha value is -2.82. The molecule has 0 saturated heterocycles. The first-order valence-electron chi connectivity index (χ1n) is 7.52. The number of carbonyl (C=O) groups excluding carboxylic acids is 1. The van der Waals surface area contributed by atoms with Gasteiger partial charge in [0, 0.05) is 29.9 Å². The number of aryl methyl sites for hydroxylation is 1. The minimum Gasteiger partial charge on any atom is -0.460 e. The van der Waals surface area contributed by atoms with Crippen molar-refractivity contribution in [3.05, 3.63) is 59.6 Å². The number of rotatable bonds is 5. The quantitative estimate of drug-likeness (QED) is 0.723. The summed E-state index contributed by atoms with van der Waals surface area (Å²) in [5.41, 5.74) is 3.50. The molecule has 0 atom stereocenters. The standard InChI is InChI=1S/C18H18N2O3/c1-3-22-18(21)17-12(2)16-13(6-4-8-15(16)23-17)10-20-14-7-5-9-19-11-14/h4-9,11,20H,3,10H2,1-2H3. The zero-order valence-corrected chi connectivity index (χ0v) is 13.1. The van der Waals surface area contributed by atoms with Gasteiger partial charge in [-0.15, -0.1) is 0 Å². The molecule has 0 aliphatic heterocycles. The van der Waals surface area contributed by atoms with Crippen LogP contribution in [0.2, 0.25) is 0 Å². The van der Waals surface area contributed by atoms with E-state index < -0.39 is 5.97 Å². The average molecular weight is 310 g/mol. The van der Waals surface area contributed by atoms with Crippen LogP contribution in [0.4, 0.5) is 5.69 Å². The molecule has 0 aliphatic rings. The molecule has 3 rings (SSSR count). The highest BCUT2D eigenvalue weighted by atomic mass is 16.5. The van der Waals surface area contributed by atoms with Crippen LogP contribution in [0.15, 0.2) is 47.1 Å². The second kappa shape index (κ2) is 6.52. The molecule has 2 heterocycles. The van der Waals surface area contributed by atoms with Gasteiger partial charge in [-0.25, -0.2) is 4.79 Å². The largest absolute Gasteiger partial charge is 0.460 e. The van der Waals surface area contributed by atoms with Crippen molar-refractivity contribution in [1.82, 2.24) is 4.98 Å². The Balaban J connectivity index is 1.93. The zero-order valence-electron chi connectivity index (χ0n) is 13.1. The highest BCUT2D eigenvalue weighted by Gasteiger charge is 2.20. The first-order chi connectivity index (χ1) is 11.2. The van der Waals surface area contributed by atoms with Gasteiger partial charge in [0.25, 0.3) is 0 Å². The second-order valence-corrected chi connectivity index (χ2v) is 5.16. The van der Waals surface area contributed by atoms with E-state index in [1.165, 1.54) is 0 Å². The zero-order chi connectivity index (χ0) is 16.2. The highest BCUT2D eigenvalue weighted by Crippen LogP contribution is 2.29. The van der Waals surface area contributed by atoms with Crippen LogP contribution in [-0.4, -0.2) is 17.6 Å². The number of furan rings is 1. The number of hydrogen-bond acceptors (Lipinski definition) is 5. The number of ether oxygens (including phenoxy) is 1. The monoisotopic (exact) mass is 310 g/mol. The van der Waals surface area contributed by atoms with Gasteiger partial charge < -0.3 is 14.5 Å². The number of fused-ring (bicyclic) bond motifs is 1. The fourth-order valence-corrected chi connectivity index (χ4v) is 2.59. The van der Waals surface area contributed by atoms with Crippen LogP contribution in [0.3, 0.4) is 0 Å². The first kappa shape index (κ1) is 15.1. The Labute approximate surface area is 134 Å². The Morgan fingerprint density at radius 2 is 2.17 bits per heavy atom. The van der Waals surface area contributed by atoms with Gasteiger partial charge in [-0.05, 0) is 37.6 Å². The molecular formula is C18H18N2O3. The number of hydrogen-bond donors (Lipinski definition) is 1. The Bertz CT molecular complexity index is 825. The summed E-state index contributed by atoms with van der Waals surface area (Å²) >= 11 is 0. The maximum absolute atomic E-state index is 12.0. The van der Waals surface area contributed by atoms with Crippen molar-refractivity contribution < 1.29 is 13.9 Å². The summed E-state index contributed by atoms with van der Waals surface area (Å²) in [6, 6.07) is 9.63. The lowest BCUT2D eigenvalue weighted by Crippen LogP contribution is -2.05. The predicted molar refractivity (Wildman–Crippen MR) is 88.5 cm³/mol. The predicted octanol–water partition coefficient (Wildman–Crippen LogP) is 3.93. The lowest BCUT2D eigenvalue weighted by atomic mass is 10.1. The van der Waals surface area contributed by atoms with E-state index in [4.69, 9.17) is 9.15 Å². The van der Waals surface area contributed by atoms with Crippen molar-refractivity contribution in [2.24, 2.45) is 0 Å². The fourth-order valence-electron chi connectivity index (χ4n) is 2.59. The van der Waals surface area contributed by atoms with Gasteiger partial charge in [-0.1, -0.05) is 12.1 Å². The summed E-state index contributed by atoms with van der Waals surface area (Å²) in [4.78, 5) is 16.1. The SMILES string of the molecule is CCOC(=O)c1oc2cccc(CNc3cccnc3)c2c1C. The molecule has 0 radical (unpaired) electrons. The number of carbonyl (C=O) groups is 1. The topological polar surface area (TPSA) is 64.4 Å². The number of aromatic nitrogens is 1. The van der Waals surface area contributed by atoms with Crippen molar-refractivity contribution >= 4 is 22.6 Å². The van der Waals surface area contributed by atoms with Gasteiger partial charge in [0.1, 0.15) is 5.58 Å². The van der Waals surface area contributed by atoms with E-state index in [2.05, 4.69) is 10.3 Å². The number of pyridine rings is 1. The summed E-state index contributed by atoms with van der Waals surface area (Å²) in [7, 11) is 0. The summed E-state index contributed by atoms with van der Waals surface area (Å²) in [6.07, 6.45) is 3.50. The van der Waals surface area contributed by atoms with Crippen molar-refractivity contribution in [2.45, 2.75) is 20.4 Å². The Kier molecular flexibility index (Phi) is 4.28. The summed E-state index contributed by atoms with van der Waals surface area (Å²) in [5, 5.41) is 4.27. The molecule has 23 heavy (non-hydrogen) atoms. The van der Waals surface area contributed by atoms with Crippen LogP contribution >= 0.6 is 0 Å². The maximum Gasteiger partial charge on any atom is 0.374 e. The van der Waals surface area contributed by atoms with E-state index in [0.29, 0.717) is 18.7 Å². The summed E-state index contributed by atoms with van der Waals surface area (Å²) in [6.45, 7) is 4.60. The number of nitrogens with one attached hydrogen (secondary N) is 1. The third kappa shape index (κ3) is 3.04. The van der Waals surface area contributed by atoms with Crippen molar-refractivity contribution in [3.8, 4) is 0 Å². The van der Waals surface area contributed by atoms with Gasteiger partial charge in [0.2, 0.25) is 5.76 Å². The smallest absolute Gasteiger partial charge is 0.374 e. The normalized spacial score (nSPS) is 10.7. The van der Waals surface area contributed by atoms with Crippen molar-refractivity contribution in [1.29, 1.82) is 0 Å². The van der Waals surface area contributed by atoms with Crippen LogP contribution in [0.5, 0.6) is 0 Å². The van der Waals surface area contributed by atoms with Gasteiger partial charge in [0.15, 0.2) is 0 Å². The second-order valence-electron chi connectivity index (χ2n) is 5.16. The van der Waals surface area contributed by atoms with Gasteiger partial charge in [-0.3, -0.25) is 4.98 Å². The van der Waals surface area contributed by atoms with Crippen LogP contribution in [-0.2, 0) is 11.3 Å². The average Bonchev–Trinajstić information content (AvgIpc) is 2.92. The Morgan fingerprint density at radius 3 is 2.91 bits per heavy atom. The molecule has 5 heteroatoms. The summed E-state index contributed by atoms with van der Waals surface area (Å²) in [5.74, 6) is -0.150. The number of esters is 1. The third-order valence-corrected chi connectivity index (χ3v) is 3.65. The first-order valence-corrected chi connectivity index (χ1v) is 7.52. The molecule has 0 aliphatic carbocycles. The molecule has 0 saturated carbocycles. The summed E-state index contributed by atoms with van der Waals surface area (Å²) < 4.78 is 10.7. The fraction of sp³-hybridized carbons (Fsp3) is 0.222. The van der Waals surface area contributed by atoms with Crippen molar-refractivity contribution in [3.63, 3.8) is 0 Å². The van der Waals surface area contributed by atoms with Gasteiger partial charge >= 0.3 is 5.97 Å². The van der Waals surface area contributed by atoms with E-state index in [9.17, 15) is 4.79 Å². The molecule has 118 valence electrons. The minimum atomic E-state index is -0.424. The maximum atomic E-state index is 12.0. The number of anilines is 1. The molecular weight excluding hydrogens is 292 g/mol. The van der Waals surface area contributed by atoms with E-state index in [1.807, 2.05) is 37.3 Å². The Morgan fingerprint density at radius 1 is 1.30 bits per heavy atom. The molecule has 1 aromatic carbocycles. The van der Waals surface area contributed by atoms with E-state index in [-0.39, 0.29) is 5.76 Å². The van der Waals surface area contributed by atoms with Crippen LogP contribution in [0.1, 0.15) is 28.6 Å². The van der Waals surface area contributed by atoms with E-state index in [0.717, 1.165) is 22.2 Å². The number of nitrogens with zero attached hydrogens (tertiary/aromatic N) is 1. The molecule has 0 fully saturated rings. The van der Waals surface area contributed by atoms with E-state index >= 15 is 0 Å². The van der Waals surface area contributed by atoms with Crippen LogP contribution < -0.4 is 5.32 Å². The minimum absolute atomic E-state index is 0.274. The molecule has 3 aromatic rings. The van der Waals surface area contributed by atoms with Crippen LogP contribution in [0, 0.1) is 6.92 Å². The molecule has 2 aromatic heterocycles. The molecule has 1 N–H and O–H groups in total. The molecule has 0 bridgehead atoms. The molecule has 0 unspecified atom stereocenters. The highest BCUT2D eigenvalue weighted by molar-refractivity contribution is 5.97. The molecule has 5 nitrogen and oxygen atoms in total.